The van der Waals surface area contributed by atoms with Gasteiger partial charge in [0.1, 0.15) is 0 Å². The fourth-order valence-electron chi connectivity index (χ4n) is 1.34. The highest BCUT2D eigenvalue weighted by molar-refractivity contribution is 5.56. The molecule has 0 atom stereocenters. The Morgan fingerprint density at radius 2 is 2.00 bits per heavy atom. The number of rotatable bonds is 9. The van der Waals surface area contributed by atoms with Gasteiger partial charge in [-0.15, -0.1) is 6.58 Å². The Morgan fingerprint density at radius 3 is 2.60 bits per heavy atom. The van der Waals surface area contributed by atoms with Crippen molar-refractivity contribution in [3.8, 4) is 0 Å². The van der Waals surface area contributed by atoms with Crippen molar-refractivity contribution in [3.63, 3.8) is 0 Å². The Balaban J connectivity index is 3.57. The van der Waals surface area contributed by atoms with Crippen molar-refractivity contribution < 1.29 is 0 Å². The Bertz CT molecular complexity index is 205. The van der Waals surface area contributed by atoms with Crippen LogP contribution in [0.2, 0.25) is 0 Å². The molecular weight excluding hydrogens is 184 g/mol. The van der Waals surface area contributed by atoms with Crippen molar-refractivity contribution in [2.24, 2.45) is 4.99 Å². The predicted octanol–water partition coefficient (Wildman–Crippen LogP) is 3.66. The number of allylic oxidation sites excluding steroid dienone is 3. The Labute approximate surface area is 94.2 Å². The smallest absolute Gasteiger partial charge is 0.0861 e. The molecule has 0 aliphatic rings. The van der Waals surface area contributed by atoms with E-state index in [-0.39, 0.29) is 0 Å². The zero-order valence-corrected chi connectivity index (χ0v) is 10.1. The molecule has 1 N–H and O–H groups in total. The van der Waals surface area contributed by atoms with E-state index in [1.807, 2.05) is 6.08 Å². The number of hydrogen-bond acceptors (Lipinski definition) is 1. The molecule has 0 rings (SSSR count). The highest BCUT2D eigenvalue weighted by Crippen LogP contribution is 2.06. The van der Waals surface area contributed by atoms with Crippen LogP contribution in [0.25, 0.3) is 0 Å². The van der Waals surface area contributed by atoms with Gasteiger partial charge in [-0.25, -0.2) is 0 Å². The van der Waals surface area contributed by atoms with Crippen LogP contribution < -0.4 is 5.32 Å². The van der Waals surface area contributed by atoms with Crippen molar-refractivity contribution in [1.82, 2.24) is 5.32 Å². The van der Waals surface area contributed by atoms with Crippen LogP contribution in [0.3, 0.4) is 0 Å². The molecular formula is C13H24N2. The van der Waals surface area contributed by atoms with E-state index < -0.39 is 0 Å². The first-order chi connectivity index (χ1) is 7.35. The quantitative estimate of drug-likeness (QED) is 0.266. The van der Waals surface area contributed by atoms with Gasteiger partial charge < -0.3 is 5.32 Å². The fourth-order valence-corrected chi connectivity index (χ4v) is 1.34. The van der Waals surface area contributed by atoms with Gasteiger partial charge in [-0.1, -0.05) is 25.5 Å². The first-order valence-corrected chi connectivity index (χ1v) is 5.82. The standard InChI is InChI=1S/C13H24N2/c1-4-6-7-8-9-10-11-13(5-2)15-12-14-3/h4,11-12H,1,5-10H2,2-3H3,(H,14,15)/b13-11+. The number of aliphatic imine (C=N–C) groups is 1. The van der Waals surface area contributed by atoms with Gasteiger partial charge in [-0.05, 0) is 32.1 Å². The van der Waals surface area contributed by atoms with Crippen molar-refractivity contribution in [2.45, 2.75) is 45.4 Å². The normalized spacial score (nSPS) is 12.0. The summed E-state index contributed by atoms with van der Waals surface area (Å²) >= 11 is 0. The van der Waals surface area contributed by atoms with E-state index in [9.17, 15) is 0 Å². The SMILES string of the molecule is C=CCCCCC/C=C(\CC)NC=NC. The van der Waals surface area contributed by atoms with Crippen molar-refractivity contribution in [1.29, 1.82) is 0 Å². The summed E-state index contributed by atoms with van der Waals surface area (Å²) in [5.74, 6) is 0. The third kappa shape index (κ3) is 9.26. The third-order valence-corrected chi connectivity index (χ3v) is 2.26. The molecule has 0 saturated carbocycles. The van der Waals surface area contributed by atoms with Crippen LogP contribution in [0.5, 0.6) is 0 Å². The topological polar surface area (TPSA) is 24.4 Å². The van der Waals surface area contributed by atoms with Crippen LogP contribution >= 0.6 is 0 Å². The second kappa shape index (κ2) is 11.0. The second-order valence-corrected chi connectivity index (χ2v) is 3.54. The van der Waals surface area contributed by atoms with Crippen molar-refractivity contribution in [2.75, 3.05) is 7.05 Å². The maximum Gasteiger partial charge on any atom is 0.0861 e. The molecule has 0 amide bonds. The molecule has 0 aliphatic carbocycles. The summed E-state index contributed by atoms with van der Waals surface area (Å²) in [6.45, 7) is 5.87. The van der Waals surface area contributed by atoms with Gasteiger partial charge in [0.25, 0.3) is 0 Å². The molecule has 0 unspecified atom stereocenters. The summed E-state index contributed by atoms with van der Waals surface area (Å²) in [6.07, 6.45) is 13.2. The van der Waals surface area contributed by atoms with E-state index in [0.29, 0.717) is 0 Å². The second-order valence-electron chi connectivity index (χ2n) is 3.54. The number of nitrogens with zero attached hydrogens (tertiary/aromatic N) is 1. The van der Waals surface area contributed by atoms with Crippen molar-refractivity contribution in [3.05, 3.63) is 24.4 Å². The van der Waals surface area contributed by atoms with Gasteiger partial charge in [0.15, 0.2) is 0 Å². The average molecular weight is 208 g/mol. The average Bonchev–Trinajstić information content (AvgIpc) is 2.27. The molecule has 0 bridgehead atoms. The monoisotopic (exact) mass is 208 g/mol. The minimum atomic E-state index is 1.04. The lowest BCUT2D eigenvalue weighted by molar-refractivity contribution is 0.693. The van der Waals surface area contributed by atoms with Crippen LogP contribution in [0.15, 0.2) is 29.4 Å². The molecule has 0 radical (unpaired) electrons. The lowest BCUT2D eigenvalue weighted by Crippen LogP contribution is -2.09. The zero-order chi connectivity index (χ0) is 11.4. The molecule has 2 nitrogen and oxygen atoms in total. The third-order valence-electron chi connectivity index (χ3n) is 2.26. The van der Waals surface area contributed by atoms with E-state index in [4.69, 9.17) is 0 Å². The highest BCUT2D eigenvalue weighted by atomic mass is 14.9. The van der Waals surface area contributed by atoms with E-state index in [1.165, 1.54) is 25.0 Å². The first-order valence-electron chi connectivity index (χ1n) is 5.82. The molecule has 0 fully saturated rings. The lowest BCUT2D eigenvalue weighted by atomic mass is 10.1. The fraction of sp³-hybridized carbons (Fsp3) is 0.615. The summed E-state index contributed by atoms with van der Waals surface area (Å²) in [6, 6.07) is 0. The predicted molar refractivity (Wildman–Crippen MR) is 69.2 cm³/mol. The first kappa shape index (κ1) is 13.9. The van der Waals surface area contributed by atoms with E-state index in [0.717, 1.165) is 19.3 Å². The van der Waals surface area contributed by atoms with Crippen LogP contribution in [-0.4, -0.2) is 13.4 Å². The minimum absolute atomic E-state index is 1.04. The molecule has 0 saturated heterocycles. The summed E-state index contributed by atoms with van der Waals surface area (Å²) < 4.78 is 0. The van der Waals surface area contributed by atoms with Gasteiger partial charge in [0.05, 0.1) is 6.34 Å². The molecule has 0 aromatic heterocycles. The van der Waals surface area contributed by atoms with E-state index in [1.54, 1.807) is 13.4 Å². The minimum Gasteiger partial charge on any atom is -0.351 e. The van der Waals surface area contributed by atoms with Gasteiger partial charge in [-0.2, -0.15) is 0 Å². The molecule has 0 heterocycles. The van der Waals surface area contributed by atoms with Gasteiger partial charge in [-0.3, -0.25) is 4.99 Å². The van der Waals surface area contributed by atoms with Gasteiger partial charge in [0.2, 0.25) is 0 Å². The number of nitrogens with one attached hydrogen (secondary N) is 1. The molecule has 2 heteroatoms. The number of hydrogen-bond donors (Lipinski definition) is 1. The Kier molecular flexibility index (Phi) is 10.3. The summed E-state index contributed by atoms with van der Waals surface area (Å²) in [5.41, 5.74) is 1.27. The molecule has 15 heavy (non-hydrogen) atoms. The number of unbranched alkanes of at least 4 members (excludes halogenated alkanes) is 4. The van der Waals surface area contributed by atoms with Crippen molar-refractivity contribution >= 4 is 6.34 Å². The lowest BCUT2D eigenvalue weighted by Gasteiger charge is -2.03. The molecule has 0 aromatic carbocycles. The molecule has 0 spiro atoms. The van der Waals surface area contributed by atoms with E-state index >= 15 is 0 Å². The van der Waals surface area contributed by atoms with Crippen LogP contribution in [0.4, 0.5) is 0 Å². The van der Waals surface area contributed by atoms with E-state index in [2.05, 4.69) is 29.9 Å². The molecule has 0 aliphatic heterocycles. The van der Waals surface area contributed by atoms with Crippen LogP contribution in [0.1, 0.15) is 45.4 Å². The summed E-state index contributed by atoms with van der Waals surface area (Å²) in [5, 5.41) is 3.17. The maximum absolute atomic E-state index is 3.90. The summed E-state index contributed by atoms with van der Waals surface area (Å²) in [4.78, 5) is 3.90. The zero-order valence-electron chi connectivity index (χ0n) is 10.1. The van der Waals surface area contributed by atoms with Crippen LogP contribution in [-0.2, 0) is 0 Å². The van der Waals surface area contributed by atoms with Crippen LogP contribution in [0, 0.1) is 0 Å². The highest BCUT2D eigenvalue weighted by Gasteiger charge is 1.90. The molecule has 0 aromatic rings. The molecule has 86 valence electrons. The van der Waals surface area contributed by atoms with Gasteiger partial charge in [0, 0.05) is 12.7 Å². The summed E-state index contributed by atoms with van der Waals surface area (Å²) in [7, 11) is 1.77. The van der Waals surface area contributed by atoms with Gasteiger partial charge >= 0.3 is 0 Å². The Morgan fingerprint density at radius 1 is 1.27 bits per heavy atom. The largest absolute Gasteiger partial charge is 0.351 e. The Hall–Kier alpha value is -1.05. The maximum atomic E-state index is 3.90.